The van der Waals surface area contributed by atoms with Crippen LogP contribution in [0.4, 0.5) is 11.6 Å². The first-order chi connectivity index (χ1) is 15.2. The van der Waals surface area contributed by atoms with E-state index in [2.05, 4.69) is 25.4 Å². The number of anilines is 2. The lowest BCUT2D eigenvalue weighted by atomic mass is 10.1. The third kappa shape index (κ3) is 3.89. The Balaban J connectivity index is 1.71. The lowest BCUT2D eigenvalue weighted by Crippen LogP contribution is -2.23. The molecular weight excluding hydrogens is 434 g/mol. The predicted octanol–water partition coefficient (Wildman–Crippen LogP) is 4.19. The van der Waals surface area contributed by atoms with E-state index < -0.39 is 0 Å². The molecule has 4 rings (SSSR count). The molecule has 0 fully saturated rings. The van der Waals surface area contributed by atoms with Crippen LogP contribution in [0, 0.1) is 0 Å². The van der Waals surface area contributed by atoms with Gasteiger partial charge in [-0.15, -0.1) is 0 Å². The van der Waals surface area contributed by atoms with Crippen molar-refractivity contribution in [2.45, 2.75) is 26.3 Å². The summed E-state index contributed by atoms with van der Waals surface area (Å²) in [5, 5.41) is 8.54. The molecule has 10 nitrogen and oxygen atoms in total. The van der Waals surface area contributed by atoms with Gasteiger partial charge in [-0.3, -0.25) is 0 Å². The summed E-state index contributed by atoms with van der Waals surface area (Å²) in [5.41, 5.74) is 1.17. The van der Waals surface area contributed by atoms with Crippen LogP contribution >= 0.6 is 11.6 Å². The van der Waals surface area contributed by atoms with Crippen LogP contribution in [-0.2, 0) is 5.54 Å². The first kappa shape index (κ1) is 21.7. The minimum Gasteiger partial charge on any atom is -0.493 e. The SMILES string of the molecule is COc1cc(-n2cnc(Nc3nc(Cl)nc4c3cnn4C(C)(C)C)c2)cc(OC)c1OC. The van der Waals surface area contributed by atoms with E-state index in [4.69, 9.17) is 25.8 Å². The quantitative estimate of drug-likeness (QED) is 0.430. The van der Waals surface area contributed by atoms with E-state index in [1.165, 1.54) is 0 Å². The zero-order chi connectivity index (χ0) is 23.0. The van der Waals surface area contributed by atoms with E-state index in [1.54, 1.807) is 33.9 Å². The Morgan fingerprint density at radius 1 is 1.00 bits per heavy atom. The number of nitrogens with zero attached hydrogens (tertiary/aromatic N) is 6. The molecule has 11 heteroatoms. The van der Waals surface area contributed by atoms with Gasteiger partial charge in [0.25, 0.3) is 0 Å². The fourth-order valence-electron chi connectivity index (χ4n) is 3.33. The number of aromatic nitrogens is 6. The largest absolute Gasteiger partial charge is 0.493 e. The van der Waals surface area contributed by atoms with Crippen molar-refractivity contribution in [3.63, 3.8) is 0 Å². The summed E-state index contributed by atoms with van der Waals surface area (Å²) in [6.45, 7) is 6.13. The number of halogens is 1. The van der Waals surface area contributed by atoms with Crippen LogP contribution in [0.15, 0.2) is 30.9 Å². The standard InChI is InChI=1S/C21H24ClN7O3/c1-21(2,3)29-19-13(9-24-29)18(26-20(22)27-19)25-16-10-28(11-23-16)12-7-14(30-4)17(32-6)15(8-12)31-5/h7-11H,1-6H3,(H,25,26,27). The molecule has 32 heavy (non-hydrogen) atoms. The molecule has 1 aromatic carbocycles. The lowest BCUT2D eigenvalue weighted by Gasteiger charge is -2.19. The number of methoxy groups -OCH3 is 3. The highest BCUT2D eigenvalue weighted by atomic mass is 35.5. The van der Waals surface area contributed by atoms with Crippen molar-refractivity contribution in [1.29, 1.82) is 0 Å². The molecule has 0 amide bonds. The zero-order valence-corrected chi connectivity index (χ0v) is 19.4. The van der Waals surface area contributed by atoms with Crippen molar-refractivity contribution in [3.05, 3.63) is 36.1 Å². The number of hydrogen-bond donors (Lipinski definition) is 1. The van der Waals surface area contributed by atoms with Crippen LogP contribution in [0.1, 0.15) is 20.8 Å². The average Bonchev–Trinajstić information content (AvgIpc) is 3.39. The van der Waals surface area contributed by atoms with Crippen LogP contribution < -0.4 is 19.5 Å². The molecule has 0 radical (unpaired) electrons. The number of rotatable bonds is 6. The molecule has 0 bridgehead atoms. The minimum absolute atomic E-state index is 0.120. The molecule has 0 spiro atoms. The summed E-state index contributed by atoms with van der Waals surface area (Å²) in [5.74, 6) is 2.70. The van der Waals surface area contributed by atoms with Crippen molar-refractivity contribution < 1.29 is 14.2 Å². The van der Waals surface area contributed by atoms with Crippen LogP contribution in [0.25, 0.3) is 16.7 Å². The van der Waals surface area contributed by atoms with E-state index >= 15 is 0 Å². The average molecular weight is 458 g/mol. The fourth-order valence-corrected chi connectivity index (χ4v) is 3.50. The Morgan fingerprint density at radius 2 is 1.69 bits per heavy atom. The molecule has 3 aromatic heterocycles. The Bertz CT molecular complexity index is 1250. The molecule has 0 unspecified atom stereocenters. The van der Waals surface area contributed by atoms with E-state index in [0.717, 1.165) is 11.1 Å². The van der Waals surface area contributed by atoms with Gasteiger partial charge in [0.05, 0.1) is 50.3 Å². The molecule has 168 valence electrons. The van der Waals surface area contributed by atoms with Crippen molar-refractivity contribution in [2.75, 3.05) is 26.6 Å². The summed E-state index contributed by atoms with van der Waals surface area (Å²) in [6.07, 6.45) is 5.20. The highest BCUT2D eigenvalue weighted by Crippen LogP contribution is 2.39. The third-order valence-corrected chi connectivity index (χ3v) is 4.98. The van der Waals surface area contributed by atoms with Gasteiger partial charge in [0, 0.05) is 12.1 Å². The number of imidazole rings is 1. The maximum Gasteiger partial charge on any atom is 0.226 e. The first-order valence-corrected chi connectivity index (χ1v) is 10.2. The number of ether oxygens (including phenoxy) is 3. The Kier molecular flexibility index (Phi) is 5.55. The van der Waals surface area contributed by atoms with E-state index in [9.17, 15) is 0 Å². The molecule has 0 aliphatic heterocycles. The minimum atomic E-state index is -0.259. The molecule has 0 aliphatic carbocycles. The molecule has 0 atom stereocenters. The molecule has 0 saturated carbocycles. The fraction of sp³-hybridized carbons (Fsp3) is 0.333. The smallest absolute Gasteiger partial charge is 0.226 e. The van der Waals surface area contributed by atoms with Crippen LogP contribution in [0.2, 0.25) is 5.28 Å². The van der Waals surface area contributed by atoms with Gasteiger partial charge in [-0.05, 0) is 32.4 Å². The summed E-state index contributed by atoms with van der Waals surface area (Å²) in [4.78, 5) is 13.1. The monoisotopic (exact) mass is 457 g/mol. The molecule has 0 saturated heterocycles. The van der Waals surface area contributed by atoms with E-state index in [-0.39, 0.29) is 10.8 Å². The van der Waals surface area contributed by atoms with E-state index in [0.29, 0.717) is 34.5 Å². The van der Waals surface area contributed by atoms with Gasteiger partial charge in [-0.1, -0.05) is 0 Å². The molecule has 4 aromatic rings. The molecule has 1 N–H and O–H groups in total. The highest BCUT2D eigenvalue weighted by molar-refractivity contribution is 6.28. The Labute approximate surface area is 190 Å². The van der Waals surface area contributed by atoms with Crippen LogP contribution in [0.3, 0.4) is 0 Å². The second-order valence-corrected chi connectivity index (χ2v) is 8.32. The highest BCUT2D eigenvalue weighted by Gasteiger charge is 2.21. The molecule has 3 heterocycles. The number of benzene rings is 1. The first-order valence-electron chi connectivity index (χ1n) is 9.78. The van der Waals surface area contributed by atoms with E-state index in [1.807, 2.05) is 48.3 Å². The maximum absolute atomic E-state index is 6.20. The van der Waals surface area contributed by atoms with Gasteiger partial charge in [-0.2, -0.15) is 15.1 Å². The van der Waals surface area contributed by atoms with Crippen molar-refractivity contribution in [1.82, 2.24) is 29.3 Å². The van der Waals surface area contributed by atoms with Gasteiger partial charge in [-0.25, -0.2) is 9.67 Å². The summed E-state index contributed by atoms with van der Waals surface area (Å²) in [7, 11) is 4.71. The second-order valence-electron chi connectivity index (χ2n) is 7.98. The molecule has 0 aliphatic rings. The predicted molar refractivity (Wildman–Crippen MR) is 122 cm³/mol. The van der Waals surface area contributed by atoms with Gasteiger partial charge >= 0.3 is 0 Å². The van der Waals surface area contributed by atoms with Crippen LogP contribution in [0.5, 0.6) is 17.2 Å². The third-order valence-electron chi connectivity index (χ3n) is 4.81. The summed E-state index contributed by atoms with van der Waals surface area (Å²) < 4.78 is 19.9. The number of hydrogen-bond acceptors (Lipinski definition) is 8. The summed E-state index contributed by atoms with van der Waals surface area (Å²) >= 11 is 6.20. The van der Waals surface area contributed by atoms with Crippen molar-refractivity contribution in [3.8, 4) is 22.9 Å². The normalized spacial score (nSPS) is 11.6. The van der Waals surface area contributed by atoms with Gasteiger partial charge < -0.3 is 24.1 Å². The Hall–Kier alpha value is -3.53. The second kappa shape index (κ2) is 8.19. The van der Waals surface area contributed by atoms with Gasteiger partial charge in [0.15, 0.2) is 17.1 Å². The maximum atomic E-state index is 6.20. The number of nitrogens with one attached hydrogen (secondary N) is 1. The summed E-state index contributed by atoms with van der Waals surface area (Å²) in [6, 6.07) is 3.67. The zero-order valence-electron chi connectivity index (χ0n) is 18.7. The van der Waals surface area contributed by atoms with Gasteiger partial charge in [0.2, 0.25) is 11.0 Å². The Morgan fingerprint density at radius 3 is 2.28 bits per heavy atom. The van der Waals surface area contributed by atoms with Crippen molar-refractivity contribution >= 4 is 34.3 Å². The van der Waals surface area contributed by atoms with Crippen molar-refractivity contribution in [2.24, 2.45) is 0 Å². The topological polar surface area (TPSA) is 101 Å². The van der Waals surface area contributed by atoms with Crippen LogP contribution in [-0.4, -0.2) is 50.6 Å². The lowest BCUT2D eigenvalue weighted by molar-refractivity contribution is 0.324. The number of fused-ring (bicyclic) bond motifs is 1. The van der Waals surface area contributed by atoms with Gasteiger partial charge in [0.1, 0.15) is 18.0 Å². The molecular formula is C21H24ClN7O3.